The number of halogens is 2. The third-order valence-corrected chi connectivity index (χ3v) is 6.93. The van der Waals surface area contributed by atoms with E-state index in [1.807, 2.05) is 6.07 Å². The monoisotopic (exact) mass is 454 g/mol. The van der Waals surface area contributed by atoms with Crippen molar-refractivity contribution in [2.75, 3.05) is 26.3 Å². The predicted octanol–water partition coefficient (Wildman–Crippen LogP) is 3.24. The topological polar surface area (TPSA) is 96.7 Å². The number of nitriles is 1. The number of sulfonamides is 1. The molecule has 0 aromatic heterocycles. The van der Waals surface area contributed by atoms with Gasteiger partial charge in [-0.15, -0.1) is 0 Å². The molecule has 1 aliphatic rings. The molecule has 0 spiro atoms. The van der Waals surface area contributed by atoms with Gasteiger partial charge in [0.1, 0.15) is 11.5 Å². The van der Waals surface area contributed by atoms with Crippen molar-refractivity contribution in [2.45, 2.75) is 11.5 Å². The molecule has 1 fully saturated rings. The second-order valence-corrected chi connectivity index (χ2v) is 8.89. The van der Waals surface area contributed by atoms with E-state index in [0.29, 0.717) is 11.1 Å². The molecular formula is C19H16Cl2N2O5S. The molecule has 1 aliphatic heterocycles. The summed E-state index contributed by atoms with van der Waals surface area (Å²) in [4.78, 5) is 12.3. The molecule has 152 valence electrons. The van der Waals surface area contributed by atoms with Crippen molar-refractivity contribution < 1.29 is 22.7 Å². The van der Waals surface area contributed by atoms with Gasteiger partial charge in [0, 0.05) is 13.1 Å². The number of morpholine rings is 1. The third kappa shape index (κ3) is 4.89. The molecule has 2 aromatic rings. The maximum absolute atomic E-state index is 12.9. The van der Waals surface area contributed by atoms with E-state index in [2.05, 4.69) is 0 Å². The fourth-order valence-corrected chi connectivity index (χ4v) is 5.00. The van der Waals surface area contributed by atoms with E-state index in [9.17, 15) is 13.2 Å². The molecule has 0 atom stereocenters. The summed E-state index contributed by atoms with van der Waals surface area (Å²) in [6, 6.07) is 10.9. The third-order valence-electron chi connectivity index (χ3n) is 4.26. The van der Waals surface area contributed by atoms with Gasteiger partial charge in [0.05, 0.1) is 40.5 Å². The minimum absolute atomic E-state index is 0.0216. The first-order valence-electron chi connectivity index (χ1n) is 8.56. The van der Waals surface area contributed by atoms with Crippen molar-refractivity contribution in [3.8, 4) is 6.07 Å². The second-order valence-electron chi connectivity index (χ2n) is 6.17. The van der Waals surface area contributed by atoms with Gasteiger partial charge in [0.25, 0.3) is 0 Å². The zero-order valence-corrected chi connectivity index (χ0v) is 17.4. The number of hydrogen-bond donors (Lipinski definition) is 0. The molecule has 0 aliphatic carbocycles. The first kappa shape index (κ1) is 21.6. The SMILES string of the molecule is N#Cc1cccc(COC(=O)c2cc(S(=O)(=O)N3CCOCC3)c(Cl)cc2Cl)c1. The van der Waals surface area contributed by atoms with Crippen LogP contribution in [0.5, 0.6) is 0 Å². The Balaban J connectivity index is 1.84. The van der Waals surface area contributed by atoms with E-state index < -0.39 is 16.0 Å². The zero-order chi connectivity index (χ0) is 21.0. The van der Waals surface area contributed by atoms with Gasteiger partial charge < -0.3 is 9.47 Å². The molecule has 2 aromatic carbocycles. The fourth-order valence-electron chi connectivity index (χ4n) is 2.77. The zero-order valence-electron chi connectivity index (χ0n) is 15.1. The van der Waals surface area contributed by atoms with Crippen molar-refractivity contribution in [1.82, 2.24) is 4.31 Å². The lowest BCUT2D eigenvalue weighted by Crippen LogP contribution is -2.40. The highest BCUT2D eigenvalue weighted by molar-refractivity contribution is 7.89. The van der Waals surface area contributed by atoms with Crippen LogP contribution in [-0.2, 0) is 26.1 Å². The van der Waals surface area contributed by atoms with Crippen LogP contribution < -0.4 is 0 Å². The molecule has 0 saturated carbocycles. The average molecular weight is 455 g/mol. The molecule has 10 heteroatoms. The van der Waals surface area contributed by atoms with Crippen LogP contribution in [0.1, 0.15) is 21.5 Å². The Bertz CT molecular complexity index is 1080. The Morgan fingerprint density at radius 3 is 2.59 bits per heavy atom. The van der Waals surface area contributed by atoms with Gasteiger partial charge in [-0.25, -0.2) is 13.2 Å². The lowest BCUT2D eigenvalue weighted by Gasteiger charge is -2.26. The summed E-state index contributed by atoms with van der Waals surface area (Å²) in [5.41, 5.74) is 0.935. The molecule has 0 N–H and O–H groups in total. The highest BCUT2D eigenvalue weighted by atomic mass is 35.5. The molecule has 29 heavy (non-hydrogen) atoms. The smallest absolute Gasteiger partial charge is 0.340 e. The first-order chi connectivity index (χ1) is 13.8. The molecule has 7 nitrogen and oxygen atoms in total. The highest BCUT2D eigenvalue weighted by Gasteiger charge is 2.30. The van der Waals surface area contributed by atoms with Crippen LogP contribution in [0.25, 0.3) is 0 Å². The van der Waals surface area contributed by atoms with Crippen LogP contribution in [0, 0.1) is 11.3 Å². The Kier molecular flexibility index (Phi) is 6.77. The van der Waals surface area contributed by atoms with Gasteiger partial charge in [-0.05, 0) is 29.8 Å². The Morgan fingerprint density at radius 2 is 1.90 bits per heavy atom. The van der Waals surface area contributed by atoms with E-state index in [-0.39, 0.29) is 53.4 Å². The van der Waals surface area contributed by atoms with Crippen molar-refractivity contribution in [3.63, 3.8) is 0 Å². The second kappa shape index (κ2) is 9.11. The van der Waals surface area contributed by atoms with E-state index in [1.54, 1.807) is 24.3 Å². The predicted molar refractivity (Wildman–Crippen MR) is 106 cm³/mol. The molecule has 1 heterocycles. The Labute approximate surface area is 178 Å². The van der Waals surface area contributed by atoms with E-state index in [1.165, 1.54) is 10.4 Å². The fraction of sp³-hybridized carbons (Fsp3) is 0.263. The number of benzene rings is 2. The lowest BCUT2D eigenvalue weighted by atomic mass is 10.1. The van der Waals surface area contributed by atoms with Crippen LogP contribution in [0.15, 0.2) is 41.3 Å². The number of carbonyl (C=O) groups is 1. The summed E-state index contributed by atoms with van der Waals surface area (Å²) in [6.07, 6.45) is 0. The van der Waals surface area contributed by atoms with Gasteiger partial charge in [0.2, 0.25) is 10.0 Å². The molecule has 1 saturated heterocycles. The van der Waals surface area contributed by atoms with Gasteiger partial charge >= 0.3 is 5.97 Å². The molecule has 0 radical (unpaired) electrons. The molecule has 0 bridgehead atoms. The number of esters is 1. The van der Waals surface area contributed by atoms with Crippen LogP contribution in [-0.4, -0.2) is 45.0 Å². The van der Waals surface area contributed by atoms with Crippen molar-refractivity contribution in [1.29, 1.82) is 5.26 Å². The summed E-state index contributed by atoms with van der Waals surface area (Å²) in [6.45, 7) is 0.841. The maximum atomic E-state index is 12.9. The maximum Gasteiger partial charge on any atom is 0.340 e. The summed E-state index contributed by atoms with van der Waals surface area (Å²) in [5, 5.41) is 8.83. The van der Waals surface area contributed by atoms with Gasteiger partial charge in [0.15, 0.2) is 0 Å². The number of ether oxygens (including phenoxy) is 2. The van der Waals surface area contributed by atoms with E-state index in [4.69, 9.17) is 37.9 Å². The first-order valence-corrected chi connectivity index (χ1v) is 10.8. The number of carbonyl (C=O) groups excluding carboxylic acids is 1. The normalized spacial score (nSPS) is 14.9. The summed E-state index contributed by atoms with van der Waals surface area (Å²) in [7, 11) is -3.92. The highest BCUT2D eigenvalue weighted by Crippen LogP contribution is 2.31. The van der Waals surface area contributed by atoms with E-state index in [0.717, 1.165) is 6.07 Å². The van der Waals surface area contributed by atoms with Crippen LogP contribution in [0.4, 0.5) is 0 Å². The average Bonchev–Trinajstić information content (AvgIpc) is 2.72. The summed E-state index contributed by atoms with van der Waals surface area (Å²) >= 11 is 12.2. The Hall–Kier alpha value is -2.15. The largest absolute Gasteiger partial charge is 0.457 e. The lowest BCUT2D eigenvalue weighted by molar-refractivity contribution is 0.0472. The van der Waals surface area contributed by atoms with Crippen LogP contribution in [0.2, 0.25) is 10.0 Å². The number of nitrogens with zero attached hydrogens (tertiary/aromatic N) is 2. The molecule has 3 rings (SSSR count). The minimum Gasteiger partial charge on any atom is -0.457 e. The number of rotatable bonds is 5. The molecule has 0 unspecified atom stereocenters. The standard InChI is InChI=1S/C19H16Cl2N2O5S/c20-16-10-17(21)18(29(25,26)23-4-6-27-7-5-23)9-15(16)19(24)28-12-14-3-1-2-13(8-14)11-22/h1-3,8-10H,4-7,12H2. The minimum atomic E-state index is -3.92. The summed E-state index contributed by atoms with van der Waals surface area (Å²) in [5.74, 6) is -0.799. The molecule has 0 amide bonds. The van der Waals surface area contributed by atoms with Crippen LogP contribution >= 0.6 is 23.2 Å². The van der Waals surface area contributed by atoms with Gasteiger partial charge in [-0.1, -0.05) is 35.3 Å². The quantitative estimate of drug-likeness (QED) is 0.643. The summed E-state index contributed by atoms with van der Waals surface area (Å²) < 4.78 is 37.5. The van der Waals surface area contributed by atoms with E-state index >= 15 is 0 Å². The van der Waals surface area contributed by atoms with Crippen molar-refractivity contribution in [3.05, 3.63) is 63.1 Å². The Morgan fingerprint density at radius 1 is 1.17 bits per heavy atom. The molecular weight excluding hydrogens is 439 g/mol. The van der Waals surface area contributed by atoms with Crippen LogP contribution in [0.3, 0.4) is 0 Å². The van der Waals surface area contributed by atoms with Crippen molar-refractivity contribution in [2.24, 2.45) is 0 Å². The van der Waals surface area contributed by atoms with Crippen molar-refractivity contribution >= 4 is 39.2 Å². The van der Waals surface area contributed by atoms with Gasteiger partial charge in [-0.3, -0.25) is 0 Å². The van der Waals surface area contributed by atoms with Gasteiger partial charge in [-0.2, -0.15) is 9.57 Å². The number of hydrogen-bond acceptors (Lipinski definition) is 6.